The second kappa shape index (κ2) is 6.62. The van der Waals surface area contributed by atoms with Gasteiger partial charge in [0.05, 0.1) is 0 Å². The van der Waals surface area contributed by atoms with Gasteiger partial charge in [-0.25, -0.2) is 4.79 Å². The highest BCUT2D eigenvalue weighted by Crippen LogP contribution is 2.53. The highest BCUT2D eigenvalue weighted by Gasteiger charge is 2.40. The van der Waals surface area contributed by atoms with Crippen LogP contribution < -0.4 is 0 Å². The first kappa shape index (κ1) is 17.1. The molecule has 0 aliphatic heterocycles. The highest BCUT2D eigenvalue weighted by molar-refractivity contribution is 6.17. The maximum Gasteiger partial charge on any atom is 0.161 e. The minimum atomic E-state index is -0.170. The van der Waals surface area contributed by atoms with Gasteiger partial charge in [0.15, 0.2) is 6.29 Å². The number of rotatable bonds is 6. The number of carbonyl (C=O) groups excluding carboxylic acids is 3. The van der Waals surface area contributed by atoms with E-state index in [0.29, 0.717) is 18.3 Å². The summed E-state index contributed by atoms with van der Waals surface area (Å²) < 4.78 is 0. The Labute approximate surface area is 147 Å². The van der Waals surface area contributed by atoms with Crippen LogP contribution in [0.25, 0.3) is 16.7 Å². The molecule has 0 heterocycles. The Bertz CT molecular complexity index is 897. The standard InChI is InChI=1S/C22H20O3/c1-3-22(4-2)20-11-15(9-10-23)5-7-18(20)19-8-6-16(12-21(19)22)17(13-24)14-25/h5-8,10-13H,3-4,9H2,1-2H3. The van der Waals surface area contributed by atoms with Gasteiger partial charge in [-0.1, -0.05) is 44.2 Å². The minimum absolute atomic E-state index is 0.0431. The molecule has 1 aliphatic carbocycles. The Hall–Kier alpha value is -2.77. The van der Waals surface area contributed by atoms with Crippen molar-refractivity contribution in [1.82, 2.24) is 0 Å². The number of hydrogen-bond donors (Lipinski definition) is 0. The summed E-state index contributed by atoms with van der Waals surface area (Å²) in [4.78, 5) is 33.1. The molecule has 0 fully saturated rings. The lowest BCUT2D eigenvalue weighted by atomic mass is 9.73. The van der Waals surface area contributed by atoms with E-state index >= 15 is 0 Å². The SMILES string of the molecule is CCC1(CC)c2cc(CC=O)ccc2-c2ccc(C(=C=O)C=O)cc21. The minimum Gasteiger partial charge on any atom is -0.303 e. The molecular weight excluding hydrogens is 312 g/mol. The quantitative estimate of drug-likeness (QED) is 0.457. The van der Waals surface area contributed by atoms with Crippen LogP contribution in [0.5, 0.6) is 0 Å². The van der Waals surface area contributed by atoms with Crippen molar-refractivity contribution in [3.05, 3.63) is 58.7 Å². The van der Waals surface area contributed by atoms with Crippen LogP contribution in [0.3, 0.4) is 0 Å². The number of aldehydes is 2. The van der Waals surface area contributed by atoms with Crippen molar-refractivity contribution in [2.75, 3.05) is 0 Å². The van der Waals surface area contributed by atoms with Gasteiger partial charge < -0.3 is 4.79 Å². The summed E-state index contributed by atoms with van der Waals surface area (Å²) in [7, 11) is 0. The summed E-state index contributed by atoms with van der Waals surface area (Å²) in [5.74, 6) is 1.73. The average Bonchev–Trinajstić information content (AvgIpc) is 2.92. The first-order chi connectivity index (χ1) is 12.1. The van der Waals surface area contributed by atoms with Crippen LogP contribution in [-0.4, -0.2) is 18.5 Å². The molecule has 0 spiro atoms. The molecule has 3 heteroatoms. The van der Waals surface area contributed by atoms with E-state index in [-0.39, 0.29) is 11.0 Å². The summed E-state index contributed by atoms with van der Waals surface area (Å²) in [6.45, 7) is 4.30. The van der Waals surface area contributed by atoms with E-state index in [1.165, 1.54) is 11.1 Å². The zero-order valence-electron chi connectivity index (χ0n) is 14.5. The maximum atomic E-state index is 11.1. The zero-order valence-corrected chi connectivity index (χ0v) is 14.5. The van der Waals surface area contributed by atoms with Crippen LogP contribution >= 0.6 is 0 Å². The van der Waals surface area contributed by atoms with Crippen molar-refractivity contribution < 1.29 is 14.4 Å². The summed E-state index contributed by atoms with van der Waals surface area (Å²) in [5.41, 5.74) is 6.16. The lowest BCUT2D eigenvalue weighted by Crippen LogP contribution is -2.23. The van der Waals surface area contributed by atoms with Crippen molar-refractivity contribution in [2.45, 2.75) is 38.5 Å². The van der Waals surface area contributed by atoms with Gasteiger partial charge in [0, 0.05) is 11.8 Å². The first-order valence-corrected chi connectivity index (χ1v) is 8.57. The third-order valence-electron chi connectivity index (χ3n) is 5.49. The number of benzene rings is 2. The number of hydrogen-bond acceptors (Lipinski definition) is 3. The van der Waals surface area contributed by atoms with Crippen molar-refractivity contribution in [3.8, 4) is 11.1 Å². The molecule has 0 saturated carbocycles. The monoisotopic (exact) mass is 332 g/mol. The molecule has 3 rings (SSSR count). The van der Waals surface area contributed by atoms with Gasteiger partial charge in [-0.05, 0) is 52.3 Å². The van der Waals surface area contributed by atoms with Crippen molar-refractivity contribution in [1.29, 1.82) is 0 Å². The molecule has 2 aromatic rings. The van der Waals surface area contributed by atoms with E-state index in [9.17, 15) is 14.4 Å². The molecule has 2 aromatic carbocycles. The fraction of sp³-hybridized carbons (Fsp3) is 0.273. The number of allylic oxidation sites excluding steroid dienone is 1. The second-order valence-electron chi connectivity index (χ2n) is 6.43. The van der Waals surface area contributed by atoms with E-state index in [1.54, 1.807) is 12.0 Å². The van der Waals surface area contributed by atoms with Gasteiger partial charge in [-0.15, -0.1) is 0 Å². The highest BCUT2D eigenvalue weighted by atomic mass is 16.1. The van der Waals surface area contributed by atoms with Crippen LogP contribution in [0.2, 0.25) is 0 Å². The molecule has 0 N–H and O–H groups in total. The maximum absolute atomic E-state index is 11.1. The molecule has 0 amide bonds. The third kappa shape index (κ3) is 2.48. The summed E-state index contributed by atoms with van der Waals surface area (Å²) in [5, 5.41) is 0. The van der Waals surface area contributed by atoms with Crippen LogP contribution in [0.15, 0.2) is 36.4 Å². The smallest absolute Gasteiger partial charge is 0.161 e. The van der Waals surface area contributed by atoms with Gasteiger partial charge in [-0.2, -0.15) is 0 Å². The molecule has 0 saturated heterocycles. The fourth-order valence-electron chi connectivity index (χ4n) is 4.10. The largest absolute Gasteiger partial charge is 0.303 e. The molecule has 25 heavy (non-hydrogen) atoms. The van der Waals surface area contributed by atoms with E-state index in [2.05, 4.69) is 26.0 Å². The van der Waals surface area contributed by atoms with Crippen molar-refractivity contribution in [2.24, 2.45) is 0 Å². The van der Waals surface area contributed by atoms with Gasteiger partial charge >= 0.3 is 0 Å². The lowest BCUT2D eigenvalue weighted by molar-refractivity contribution is -0.107. The van der Waals surface area contributed by atoms with Gasteiger partial charge in [-0.3, -0.25) is 4.79 Å². The predicted molar refractivity (Wildman–Crippen MR) is 98.2 cm³/mol. The Morgan fingerprint density at radius 3 is 2.20 bits per heavy atom. The van der Waals surface area contributed by atoms with Crippen molar-refractivity contribution in [3.63, 3.8) is 0 Å². The Morgan fingerprint density at radius 1 is 1.00 bits per heavy atom. The first-order valence-electron chi connectivity index (χ1n) is 8.57. The topological polar surface area (TPSA) is 51.2 Å². The summed E-state index contributed by atoms with van der Waals surface area (Å²) in [6, 6.07) is 11.9. The second-order valence-corrected chi connectivity index (χ2v) is 6.43. The molecular formula is C22H20O3. The Kier molecular flexibility index (Phi) is 4.52. The van der Waals surface area contributed by atoms with E-state index in [0.717, 1.165) is 35.8 Å². The molecule has 0 aromatic heterocycles. The van der Waals surface area contributed by atoms with E-state index < -0.39 is 0 Å². The van der Waals surface area contributed by atoms with Crippen LogP contribution in [0.1, 0.15) is 48.9 Å². The van der Waals surface area contributed by atoms with E-state index in [1.807, 2.05) is 18.2 Å². The number of carbonyl (C=O) groups is 2. The van der Waals surface area contributed by atoms with Crippen LogP contribution in [0, 0.1) is 0 Å². The summed E-state index contributed by atoms with van der Waals surface area (Å²) >= 11 is 0. The predicted octanol–water partition coefficient (Wildman–Crippen LogP) is 3.93. The van der Waals surface area contributed by atoms with Gasteiger partial charge in [0.2, 0.25) is 0 Å². The zero-order chi connectivity index (χ0) is 18.0. The van der Waals surface area contributed by atoms with Crippen LogP contribution in [-0.2, 0) is 26.2 Å². The average molecular weight is 332 g/mol. The van der Waals surface area contributed by atoms with Gasteiger partial charge in [0.25, 0.3) is 0 Å². The fourth-order valence-corrected chi connectivity index (χ4v) is 4.10. The Morgan fingerprint density at radius 2 is 1.64 bits per heavy atom. The van der Waals surface area contributed by atoms with Crippen LogP contribution in [0.4, 0.5) is 0 Å². The molecule has 3 nitrogen and oxygen atoms in total. The molecule has 0 bridgehead atoms. The lowest BCUT2D eigenvalue weighted by Gasteiger charge is -2.30. The van der Waals surface area contributed by atoms with Crippen molar-refractivity contribution >= 4 is 24.1 Å². The third-order valence-corrected chi connectivity index (χ3v) is 5.49. The number of fused-ring (bicyclic) bond motifs is 3. The normalized spacial score (nSPS) is 13.5. The molecule has 1 aliphatic rings. The Balaban J connectivity index is 2.28. The molecule has 0 unspecified atom stereocenters. The molecule has 0 radical (unpaired) electrons. The summed E-state index contributed by atoms with van der Waals surface area (Å²) in [6.07, 6.45) is 3.68. The molecule has 126 valence electrons. The van der Waals surface area contributed by atoms with Gasteiger partial charge in [0.1, 0.15) is 17.8 Å². The van der Waals surface area contributed by atoms with E-state index in [4.69, 9.17) is 0 Å². The molecule has 0 atom stereocenters.